The van der Waals surface area contributed by atoms with Gasteiger partial charge in [0.2, 0.25) is 0 Å². The van der Waals surface area contributed by atoms with Gasteiger partial charge in [0, 0.05) is 21.4 Å². The number of aryl methyl sites for hydroxylation is 2. The van der Waals surface area contributed by atoms with Crippen LogP contribution in [0.1, 0.15) is 36.6 Å². The third kappa shape index (κ3) is 2.58. The van der Waals surface area contributed by atoms with Crippen molar-refractivity contribution in [2.75, 3.05) is 0 Å². The van der Waals surface area contributed by atoms with Gasteiger partial charge >= 0.3 is 0 Å². The minimum Gasteiger partial charge on any atom is -0.241 e. The molecule has 0 saturated heterocycles. The summed E-state index contributed by atoms with van der Waals surface area (Å²) in [6, 6.07) is 8.47. The molecule has 1 nitrogen and oxygen atoms in total. The number of fused-ring (bicyclic) bond motifs is 1. The van der Waals surface area contributed by atoms with E-state index in [2.05, 4.69) is 51.3 Å². The monoisotopic (exact) mass is 315 g/mol. The molecule has 1 heterocycles. The molecule has 108 valence electrons. The second-order valence-corrected chi connectivity index (χ2v) is 7.06. The predicted molar refractivity (Wildman–Crippen MR) is 93.6 cm³/mol. The Morgan fingerprint density at radius 2 is 1.86 bits per heavy atom. The molecule has 0 aliphatic carbocycles. The minimum absolute atomic E-state index is 0.454. The van der Waals surface area contributed by atoms with E-state index >= 15 is 0 Å². The van der Waals surface area contributed by atoms with E-state index in [1.807, 2.05) is 6.07 Å². The fraction of sp³-hybridized carbons (Fsp3) is 0.278. The summed E-state index contributed by atoms with van der Waals surface area (Å²) in [6.45, 7) is 8.62. The fourth-order valence-corrected chi connectivity index (χ4v) is 3.70. The Labute approximate surface area is 134 Å². The number of thiazole rings is 1. The van der Waals surface area contributed by atoms with E-state index in [0.717, 1.165) is 26.7 Å². The van der Waals surface area contributed by atoms with Crippen molar-refractivity contribution in [2.24, 2.45) is 0 Å². The Balaban J connectivity index is 2.21. The summed E-state index contributed by atoms with van der Waals surface area (Å²) in [7, 11) is 0. The van der Waals surface area contributed by atoms with Crippen molar-refractivity contribution in [2.45, 2.75) is 33.6 Å². The Morgan fingerprint density at radius 1 is 1.10 bits per heavy atom. The van der Waals surface area contributed by atoms with Crippen LogP contribution in [-0.2, 0) is 0 Å². The normalized spacial score (nSPS) is 11.5. The smallest absolute Gasteiger partial charge is 0.123 e. The summed E-state index contributed by atoms with van der Waals surface area (Å²) in [5.74, 6) is 0.454. The minimum atomic E-state index is 0.454. The van der Waals surface area contributed by atoms with Crippen molar-refractivity contribution in [3.05, 3.63) is 51.5 Å². The van der Waals surface area contributed by atoms with E-state index in [1.165, 1.54) is 16.5 Å². The van der Waals surface area contributed by atoms with Crippen LogP contribution in [0, 0.1) is 13.8 Å². The lowest BCUT2D eigenvalue weighted by Crippen LogP contribution is -1.88. The Morgan fingerprint density at radius 3 is 2.52 bits per heavy atom. The number of aromatic nitrogens is 1. The highest BCUT2D eigenvalue weighted by molar-refractivity contribution is 7.13. The number of nitrogens with zero attached hydrogens (tertiary/aromatic N) is 1. The van der Waals surface area contributed by atoms with E-state index in [1.54, 1.807) is 11.3 Å². The number of halogens is 1. The van der Waals surface area contributed by atoms with E-state index in [4.69, 9.17) is 16.6 Å². The maximum atomic E-state index is 6.48. The van der Waals surface area contributed by atoms with Gasteiger partial charge in [0.25, 0.3) is 0 Å². The molecule has 0 radical (unpaired) electrons. The number of benzene rings is 2. The maximum absolute atomic E-state index is 6.48. The van der Waals surface area contributed by atoms with E-state index in [-0.39, 0.29) is 0 Å². The molecule has 0 fully saturated rings. The van der Waals surface area contributed by atoms with Crippen molar-refractivity contribution in [3.8, 4) is 10.6 Å². The maximum Gasteiger partial charge on any atom is 0.123 e. The first-order valence-corrected chi connectivity index (χ1v) is 8.38. The summed E-state index contributed by atoms with van der Waals surface area (Å²) < 4.78 is 0. The third-order valence-electron chi connectivity index (χ3n) is 3.99. The molecule has 0 bridgehead atoms. The van der Waals surface area contributed by atoms with Crippen LogP contribution in [0.25, 0.3) is 21.3 Å². The van der Waals surface area contributed by atoms with Crippen LogP contribution in [0.4, 0.5) is 0 Å². The fourth-order valence-electron chi connectivity index (χ4n) is 2.45. The van der Waals surface area contributed by atoms with Gasteiger partial charge in [-0.3, -0.25) is 0 Å². The van der Waals surface area contributed by atoms with Gasteiger partial charge in [0.05, 0.1) is 5.69 Å². The lowest BCUT2D eigenvalue weighted by atomic mass is 9.99. The van der Waals surface area contributed by atoms with Crippen LogP contribution >= 0.6 is 22.9 Å². The molecule has 0 N–H and O–H groups in total. The molecule has 3 aromatic rings. The standard InChI is InChI=1S/C18H18ClNS/c1-10(2)17-9-21-18(20-17)13-7-15-12(4)11(3)5-6-14(15)16(19)8-13/h5-10H,1-4H3. The van der Waals surface area contributed by atoms with E-state index < -0.39 is 0 Å². The van der Waals surface area contributed by atoms with Crippen LogP contribution < -0.4 is 0 Å². The van der Waals surface area contributed by atoms with Crippen LogP contribution in [0.5, 0.6) is 0 Å². The molecule has 0 unspecified atom stereocenters. The van der Waals surface area contributed by atoms with Gasteiger partial charge < -0.3 is 0 Å². The molecule has 3 heteroatoms. The van der Waals surface area contributed by atoms with Gasteiger partial charge in [-0.1, -0.05) is 37.6 Å². The Bertz CT molecular complexity index is 817. The zero-order valence-corrected chi connectivity index (χ0v) is 14.3. The average Bonchev–Trinajstić information content (AvgIpc) is 2.93. The second-order valence-electron chi connectivity index (χ2n) is 5.79. The van der Waals surface area contributed by atoms with Crippen LogP contribution in [0.2, 0.25) is 5.02 Å². The second kappa shape index (κ2) is 5.43. The van der Waals surface area contributed by atoms with Crippen LogP contribution in [-0.4, -0.2) is 4.98 Å². The molecule has 1 aromatic heterocycles. The van der Waals surface area contributed by atoms with Crippen LogP contribution in [0.15, 0.2) is 29.6 Å². The zero-order valence-electron chi connectivity index (χ0n) is 12.7. The molecule has 0 atom stereocenters. The van der Waals surface area contributed by atoms with Crippen molar-refractivity contribution >= 4 is 33.7 Å². The lowest BCUT2D eigenvalue weighted by Gasteiger charge is -2.09. The van der Waals surface area contributed by atoms with Crippen molar-refractivity contribution in [1.29, 1.82) is 0 Å². The molecule has 0 amide bonds. The highest BCUT2D eigenvalue weighted by Gasteiger charge is 2.11. The molecular weight excluding hydrogens is 298 g/mol. The van der Waals surface area contributed by atoms with Crippen molar-refractivity contribution in [1.82, 2.24) is 4.98 Å². The summed E-state index contributed by atoms with van der Waals surface area (Å²) in [5, 5.41) is 6.32. The quantitative estimate of drug-likeness (QED) is 0.536. The van der Waals surface area contributed by atoms with E-state index in [9.17, 15) is 0 Å². The average molecular weight is 316 g/mol. The summed E-state index contributed by atoms with van der Waals surface area (Å²) in [4.78, 5) is 4.74. The van der Waals surface area contributed by atoms with E-state index in [0.29, 0.717) is 5.92 Å². The number of rotatable bonds is 2. The summed E-state index contributed by atoms with van der Waals surface area (Å²) >= 11 is 8.17. The number of hydrogen-bond donors (Lipinski definition) is 0. The highest BCUT2D eigenvalue weighted by Crippen LogP contribution is 2.35. The molecule has 3 rings (SSSR count). The van der Waals surface area contributed by atoms with Gasteiger partial charge in [-0.25, -0.2) is 4.98 Å². The van der Waals surface area contributed by atoms with Crippen molar-refractivity contribution in [3.63, 3.8) is 0 Å². The van der Waals surface area contributed by atoms with Crippen LogP contribution in [0.3, 0.4) is 0 Å². The highest BCUT2D eigenvalue weighted by atomic mass is 35.5. The summed E-state index contributed by atoms with van der Waals surface area (Å²) in [5.41, 5.74) is 4.83. The summed E-state index contributed by atoms with van der Waals surface area (Å²) in [6.07, 6.45) is 0. The van der Waals surface area contributed by atoms with Gasteiger partial charge in [0.15, 0.2) is 0 Å². The number of hydrogen-bond acceptors (Lipinski definition) is 2. The molecule has 2 aromatic carbocycles. The molecule has 0 spiro atoms. The first kappa shape index (κ1) is 14.6. The molecular formula is C18H18ClNS. The third-order valence-corrected chi connectivity index (χ3v) is 5.21. The molecule has 0 aliphatic heterocycles. The molecule has 21 heavy (non-hydrogen) atoms. The zero-order chi connectivity index (χ0) is 15.1. The van der Waals surface area contributed by atoms with Gasteiger partial charge in [-0.05, 0) is 48.4 Å². The predicted octanol–water partition coefficient (Wildman–Crippen LogP) is 6.36. The topological polar surface area (TPSA) is 12.9 Å². The lowest BCUT2D eigenvalue weighted by molar-refractivity contribution is 0.834. The first-order valence-electron chi connectivity index (χ1n) is 7.12. The Hall–Kier alpha value is -1.38. The van der Waals surface area contributed by atoms with Gasteiger partial charge in [0.1, 0.15) is 5.01 Å². The first-order chi connectivity index (χ1) is 9.97. The Kier molecular flexibility index (Phi) is 3.76. The van der Waals surface area contributed by atoms with Gasteiger partial charge in [-0.2, -0.15) is 0 Å². The van der Waals surface area contributed by atoms with Gasteiger partial charge in [-0.15, -0.1) is 11.3 Å². The van der Waals surface area contributed by atoms with Crippen molar-refractivity contribution < 1.29 is 0 Å². The largest absolute Gasteiger partial charge is 0.241 e. The SMILES string of the molecule is Cc1ccc2c(Cl)cc(-c3nc(C(C)C)cs3)cc2c1C. The molecule has 0 saturated carbocycles. The molecule has 0 aliphatic rings.